The summed E-state index contributed by atoms with van der Waals surface area (Å²) in [5.41, 5.74) is 1.83. The van der Waals surface area contributed by atoms with Crippen LogP contribution < -0.4 is 5.32 Å². The first kappa shape index (κ1) is 22.6. The number of tetrazole rings is 1. The number of carboxylic acid groups (broad SMARTS) is 1. The lowest BCUT2D eigenvalue weighted by Gasteiger charge is -2.49. The van der Waals surface area contributed by atoms with Gasteiger partial charge >= 0.3 is 5.97 Å². The molecule has 0 unspecified atom stereocenters. The number of rotatable bonds is 7. The standard InChI is InChI=1S/C17H19ClN8O4S2/c1-7-11(18)8(2)25(21-7)4-10(27)19-12-14(28)26-13(16(29)30)9(5-31-15(12)26)6-32-17-20-22-23-24(17)3/h12,15H,4-6H2,1-3H3,(H,19,27)(H,29,30)/t12-,15-/m1/s1. The van der Waals surface area contributed by atoms with Crippen LogP contribution in [0, 0.1) is 13.8 Å². The summed E-state index contributed by atoms with van der Waals surface area (Å²) in [6.07, 6.45) is 0. The van der Waals surface area contributed by atoms with Crippen LogP contribution in [-0.4, -0.2) is 80.7 Å². The number of hydrogen-bond acceptors (Lipinski definition) is 9. The predicted molar refractivity (Wildman–Crippen MR) is 116 cm³/mol. The maximum atomic E-state index is 12.8. The van der Waals surface area contributed by atoms with Gasteiger partial charge in [-0.15, -0.1) is 16.9 Å². The normalized spacial score (nSPS) is 20.2. The fraction of sp³-hybridized carbons (Fsp3) is 0.471. The van der Waals surface area contributed by atoms with Crippen LogP contribution in [0.5, 0.6) is 0 Å². The van der Waals surface area contributed by atoms with Crippen LogP contribution in [0.2, 0.25) is 5.02 Å². The van der Waals surface area contributed by atoms with Gasteiger partial charge in [0.1, 0.15) is 23.7 Å². The molecule has 2 aromatic heterocycles. The van der Waals surface area contributed by atoms with Gasteiger partial charge in [0.2, 0.25) is 11.1 Å². The lowest BCUT2D eigenvalue weighted by Crippen LogP contribution is -2.70. The molecule has 2 aliphatic rings. The highest BCUT2D eigenvalue weighted by atomic mass is 35.5. The lowest BCUT2D eigenvalue weighted by molar-refractivity contribution is -0.150. The number of aliphatic carboxylic acids is 1. The Morgan fingerprint density at radius 2 is 2.12 bits per heavy atom. The summed E-state index contributed by atoms with van der Waals surface area (Å²) < 4.78 is 2.96. The molecule has 0 aromatic carbocycles. The van der Waals surface area contributed by atoms with Gasteiger partial charge in [-0.3, -0.25) is 19.2 Å². The SMILES string of the molecule is Cc1nn(CC(=O)N[C@@H]2C(=O)N3C(C(=O)O)=C(CSc4nnnn4C)CS[C@H]23)c(C)c1Cl. The zero-order valence-electron chi connectivity index (χ0n) is 17.3. The number of carboxylic acids is 1. The van der Waals surface area contributed by atoms with Crippen LogP contribution in [0.4, 0.5) is 0 Å². The number of nitrogens with one attached hydrogen (secondary N) is 1. The maximum absolute atomic E-state index is 12.8. The molecule has 2 amide bonds. The minimum absolute atomic E-state index is 0.0443. The van der Waals surface area contributed by atoms with E-state index in [4.69, 9.17) is 11.6 Å². The maximum Gasteiger partial charge on any atom is 0.352 e. The number of carbonyl (C=O) groups excluding carboxylic acids is 2. The molecule has 0 aliphatic carbocycles. The Labute approximate surface area is 195 Å². The first-order chi connectivity index (χ1) is 15.2. The predicted octanol–water partition coefficient (Wildman–Crippen LogP) is 0.208. The van der Waals surface area contributed by atoms with Crippen molar-refractivity contribution in [1.29, 1.82) is 0 Å². The summed E-state index contributed by atoms with van der Waals surface area (Å²) >= 11 is 8.81. The zero-order chi connectivity index (χ0) is 23.2. The number of amides is 2. The van der Waals surface area contributed by atoms with Crippen molar-refractivity contribution in [1.82, 2.24) is 40.2 Å². The number of halogens is 1. The third-order valence-electron chi connectivity index (χ3n) is 5.11. The van der Waals surface area contributed by atoms with E-state index in [1.54, 1.807) is 20.9 Å². The lowest BCUT2D eigenvalue weighted by atomic mass is 10.0. The third-order valence-corrected chi connectivity index (χ3v) is 8.09. The van der Waals surface area contributed by atoms with Crippen molar-refractivity contribution in [2.45, 2.75) is 37.0 Å². The molecule has 4 heterocycles. The number of aromatic nitrogens is 6. The van der Waals surface area contributed by atoms with E-state index in [0.29, 0.717) is 38.6 Å². The second kappa shape index (κ2) is 8.75. The number of nitrogens with zero attached hydrogens (tertiary/aromatic N) is 7. The largest absolute Gasteiger partial charge is 0.477 e. The van der Waals surface area contributed by atoms with Crippen LogP contribution >= 0.6 is 35.1 Å². The molecule has 2 atom stereocenters. The first-order valence-electron chi connectivity index (χ1n) is 9.43. The Hall–Kier alpha value is -2.58. The summed E-state index contributed by atoms with van der Waals surface area (Å²) in [6, 6.07) is -0.800. The van der Waals surface area contributed by atoms with Crippen LogP contribution in [0.1, 0.15) is 11.4 Å². The summed E-state index contributed by atoms with van der Waals surface area (Å²) in [7, 11) is 1.69. The zero-order valence-corrected chi connectivity index (χ0v) is 19.7. The van der Waals surface area contributed by atoms with Crippen molar-refractivity contribution in [3.05, 3.63) is 27.7 Å². The van der Waals surface area contributed by atoms with Crippen LogP contribution in [0.15, 0.2) is 16.4 Å². The Balaban J connectivity index is 1.44. The van der Waals surface area contributed by atoms with E-state index in [2.05, 4.69) is 25.9 Å². The molecule has 1 fully saturated rings. The first-order valence-corrected chi connectivity index (χ1v) is 11.8. The molecule has 0 spiro atoms. The summed E-state index contributed by atoms with van der Waals surface area (Å²) in [6.45, 7) is 3.41. The number of aryl methyl sites for hydroxylation is 2. The van der Waals surface area contributed by atoms with Crippen LogP contribution in [0.25, 0.3) is 0 Å². The minimum atomic E-state index is -1.18. The van der Waals surface area contributed by atoms with E-state index in [9.17, 15) is 19.5 Å². The topological polar surface area (TPSA) is 148 Å². The molecule has 0 saturated carbocycles. The highest BCUT2D eigenvalue weighted by molar-refractivity contribution is 8.01. The molecular weight excluding hydrogens is 480 g/mol. The summed E-state index contributed by atoms with van der Waals surface area (Å²) in [5.74, 6) is -1.30. The molecule has 2 N–H and O–H groups in total. The summed E-state index contributed by atoms with van der Waals surface area (Å²) in [4.78, 5) is 38.5. The van der Waals surface area contributed by atoms with E-state index >= 15 is 0 Å². The van der Waals surface area contributed by atoms with Crippen molar-refractivity contribution < 1.29 is 19.5 Å². The van der Waals surface area contributed by atoms with Crippen LogP contribution in [0.3, 0.4) is 0 Å². The number of hydrogen-bond donors (Lipinski definition) is 2. The van der Waals surface area contributed by atoms with Gasteiger partial charge in [0.25, 0.3) is 5.91 Å². The number of β-lactam (4-membered cyclic amide) rings is 1. The monoisotopic (exact) mass is 498 g/mol. The van der Waals surface area contributed by atoms with Gasteiger partial charge in [-0.05, 0) is 29.8 Å². The Morgan fingerprint density at radius 1 is 1.38 bits per heavy atom. The highest BCUT2D eigenvalue weighted by Crippen LogP contribution is 2.41. The Morgan fingerprint density at radius 3 is 2.72 bits per heavy atom. The van der Waals surface area contributed by atoms with Gasteiger partial charge in [0.05, 0.1) is 16.4 Å². The van der Waals surface area contributed by atoms with E-state index in [1.807, 2.05) is 0 Å². The number of fused-ring (bicyclic) bond motifs is 1. The Bertz CT molecular complexity index is 1150. The van der Waals surface area contributed by atoms with Crippen molar-refractivity contribution in [2.24, 2.45) is 7.05 Å². The minimum Gasteiger partial charge on any atom is -0.477 e. The fourth-order valence-electron chi connectivity index (χ4n) is 3.47. The molecule has 32 heavy (non-hydrogen) atoms. The smallest absolute Gasteiger partial charge is 0.352 e. The molecule has 15 heteroatoms. The Kier molecular flexibility index (Phi) is 6.18. The van der Waals surface area contributed by atoms with E-state index in [0.717, 1.165) is 0 Å². The molecule has 2 aliphatic heterocycles. The molecule has 2 aromatic rings. The second-order valence-electron chi connectivity index (χ2n) is 7.23. The number of carbonyl (C=O) groups is 3. The quantitative estimate of drug-likeness (QED) is 0.400. The second-order valence-corrected chi connectivity index (χ2v) is 9.65. The molecule has 0 bridgehead atoms. The summed E-state index contributed by atoms with van der Waals surface area (Å²) in [5, 5.41) is 28.4. The van der Waals surface area contributed by atoms with Crippen molar-refractivity contribution in [2.75, 3.05) is 11.5 Å². The van der Waals surface area contributed by atoms with E-state index in [1.165, 1.54) is 37.8 Å². The molecular formula is C17H19ClN8O4S2. The molecule has 0 radical (unpaired) electrons. The molecule has 4 rings (SSSR count). The van der Waals surface area contributed by atoms with Crippen LogP contribution in [-0.2, 0) is 28.0 Å². The van der Waals surface area contributed by atoms with Crippen molar-refractivity contribution in [3.8, 4) is 0 Å². The van der Waals surface area contributed by atoms with Gasteiger partial charge in [-0.2, -0.15) is 5.10 Å². The third kappa shape index (κ3) is 3.97. The average Bonchev–Trinajstić information content (AvgIpc) is 3.27. The van der Waals surface area contributed by atoms with Gasteiger partial charge in [-0.1, -0.05) is 23.4 Å². The van der Waals surface area contributed by atoms with E-state index < -0.39 is 29.2 Å². The molecule has 1 saturated heterocycles. The molecule has 12 nitrogen and oxygen atoms in total. The van der Waals surface area contributed by atoms with Gasteiger partial charge < -0.3 is 10.4 Å². The fourth-order valence-corrected chi connectivity index (χ4v) is 5.94. The molecule has 170 valence electrons. The van der Waals surface area contributed by atoms with Gasteiger partial charge in [0.15, 0.2) is 0 Å². The highest BCUT2D eigenvalue weighted by Gasteiger charge is 2.54. The van der Waals surface area contributed by atoms with Crippen molar-refractivity contribution >= 4 is 52.9 Å². The van der Waals surface area contributed by atoms with Crippen molar-refractivity contribution in [3.63, 3.8) is 0 Å². The van der Waals surface area contributed by atoms with E-state index in [-0.39, 0.29) is 12.2 Å². The van der Waals surface area contributed by atoms with Gasteiger partial charge in [-0.25, -0.2) is 9.48 Å². The van der Waals surface area contributed by atoms with Gasteiger partial charge in [0, 0.05) is 18.6 Å². The average molecular weight is 499 g/mol. The number of thioether (sulfide) groups is 2.